The van der Waals surface area contributed by atoms with Crippen LogP contribution in [0.25, 0.3) is 5.76 Å². The molecule has 1 saturated heterocycles. The van der Waals surface area contributed by atoms with Crippen molar-refractivity contribution in [1.82, 2.24) is 4.98 Å². The summed E-state index contributed by atoms with van der Waals surface area (Å²) >= 11 is 5.99. The number of ketones is 1. The van der Waals surface area contributed by atoms with Crippen LogP contribution in [0.1, 0.15) is 29.7 Å². The molecule has 0 spiro atoms. The average molecular weight is 419 g/mol. The zero-order valence-corrected chi connectivity index (χ0v) is 17.0. The Morgan fingerprint density at radius 3 is 2.37 bits per heavy atom. The van der Waals surface area contributed by atoms with Crippen LogP contribution in [0.3, 0.4) is 0 Å². The van der Waals surface area contributed by atoms with Crippen LogP contribution >= 0.6 is 11.6 Å². The van der Waals surface area contributed by atoms with Crippen molar-refractivity contribution in [3.63, 3.8) is 0 Å². The molecule has 1 N–H and O–H groups in total. The van der Waals surface area contributed by atoms with E-state index >= 15 is 0 Å². The van der Waals surface area contributed by atoms with Gasteiger partial charge in [-0.15, -0.1) is 0 Å². The number of aliphatic hydroxyl groups excluding tert-OH is 1. The van der Waals surface area contributed by atoms with Crippen LogP contribution in [0.4, 0.5) is 5.69 Å². The number of pyridine rings is 1. The molecule has 0 radical (unpaired) electrons. The molecule has 0 aliphatic carbocycles. The summed E-state index contributed by atoms with van der Waals surface area (Å²) in [6.07, 6.45) is 4.06. The molecule has 150 valence electrons. The van der Waals surface area contributed by atoms with Crippen molar-refractivity contribution >= 4 is 34.7 Å². The van der Waals surface area contributed by atoms with E-state index in [4.69, 9.17) is 11.6 Å². The normalized spacial score (nSPS) is 18.1. The van der Waals surface area contributed by atoms with Gasteiger partial charge in [0.1, 0.15) is 5.76 Å². The maximum atomic E-state index is 13.0. The third-order valence-electron chi connectivity index (χ3n) is 5.18. The predicted octanol–water partition coefficient (Wildman–Crippen LogP) is 4.92. The van der Waals surface area contributed by atoms with Gasteiger partial charge in [0, 0.05) is 28.7 Å². The van der Waals surface area contributed by atoms with E-state index in [0.717, 1.165) is 12.0 Å². The first kappa shape index (κ1) is 19.9. The van der Waals surface area contributed by atoms with E-state index in [1.807, 2.05) is 19.1 Å². The molecule has 5 nitrogen and oxygen atoms in total. The van der Waals surface area contributed by atoms with Crippen molar-refractivity contribution < 1.29 is 14.7 Å². The molecule has 1 aliphatic rings. The molecule has 4 rings (SSSR count). The smallest absolute Gasteiger partial charge is 0.300 e. The number of hydrogen-bond donors (Lipinski definition) is 1. The fourth-order valence-corrected chi connectivity index (χ4v) is 3.73. The average Bonchev–Trinajstić information content (AvgIpc) is 3.05. The molecule has 1 atom stereocenters. The summed E-state index contributed by atoms with van der Waals surface area (Å²) in [7, 11) is 0. The first-order valence-corrected chi connectivity index (χ1v) is 9.95. The Balaban J connectivity index is 1.90. The lowest BCUT2D eigenvalue weighted by Crippen LogP contribution is -2.29. The van der Waals surface area contributed by atoms with Gasteiger partial charge in [0.2, 0.25) is 0 Å². The molecule has 30 heavy (non-hydrogen) atoms. The summed E-state index contributed by atoms with van der Waals surface area (Å²) in [6, 6.07) is 16.7. The quantitative estimate of drug-likeness (QED) is 0.370. The minimum atomic E-state index is -0.800. The monoisotopic (exact) mass is 418 g/mol. The second-order valence-electron chi connectivity index (χ2n) is 6.98. The van der Waals surface area contributed by atoms with Crippen molar-refractivity contribution in [3.8, 4) is 0 Å². The van der Waals surface area contributed by atoms with Crippen molar-refractivity contribution in [1.29, 1.82) is 0 Å². The minimum Gasteiger partial charge on any atom is -0.507 e. The molecule has 0 saturated carbocycles. The Morgan fingerprint density at radius 2 is 1.77 bits per heavy atom. The summed E-state index contributed by atoms with van der Waals surface area (Å²) in [4.78, 5) is 31.5. The number of amides is 1. The van der Waals surface area contributed by atoms with Crippen LogP contribution in [0, 0.1) is 0 Å². The Bertz CT molecular complexity index is 1120. The number of halogens is 1. The highest BCUT2D eigenvalue weighted by Crippen LogP contribution is 2.42. The number of carbonyl (C=O) groups excluding carboxylic acids is 2. The van der Waals surface area contributed by atoms with Gasteiger partial charge in [-0.25, -0.2) is 0 Å². The Morgan fingerprint density at radius 1 is 1.07 bits per heavy atom. The van der Waals surface area contributed by atoms with E-state index in [1.165, 1.54) is 4.90 Å². The van der Waals surface area contributed by atoms with E-state index < -0.39 is 17.7 Å². The number of aromatic nitrogens is 1. The lowest BCUT2D eigenvalue weighted by Gasteiger charge is -2.25. The van der Waals surface area contributed by atoms with Crippen molar-refractivity contribution in [2.24, 2.45) is 0 Å². The Hall–Kier alpha value is -3.44. The molecule has 1 aliphatic heterocycles. The molecule has 3 aromatic rings. The molecule has 2 heterocycles. The van der Waals surface area contributed by atoms with E-state index in [2.05, 4.69) is 4.98 Å². The fourth-order valence-electron chi connectivity index (χ4n) is 3.61. The third-order valence-corrected chi connectivity index (χ3v) is 5.44. The molecule has 0 bridgehead atoms. The van der Waals surface area contributed by atoms with E-state index in [1.54, 1.807) is 60.9 Å². The molecule has 6 heteroatoms. The Labute approximate surface area is 179 Å². The first-order valence-electron chi connectivity index (χ1n) is 9.57. The molecule has 1 amide bonds. The number of nitrogens with zero attached hydrogens (tertiary/aromatic N) is 2. The van der Waals surface area contributed by atoms with Gasteiger partial charge in [-0.1, -0.05) is 48.9 Å². The topological polar surface area (TPSA) is 70.5 Å². The van der Waals surface area contributed by atoms with Gasteiger partial charge in [-0.05, 0) is 47.9 Å². The molecule has 1 aromatic heterocycles. The molecular weight excluding hydrogens is 400 g/mol. The van der Waals surface area contributed by atoms with Crippen LogP contribution < -0.4 is 4.90 Å². The lowest BCUT2D eigenvalue weighted by molar-refractivity contribution is -0.132. The van der Waals surface area contributed by atoms with E-state index in [9.17, 15) is 14.7 Å². The van der Waals surface area contributed by atoms with Gasteiger partial charge < -0.3 is 5.11 Å². The van der Waals surface area contributed by atoms with Crippen LogP contribution in [0.2, 0.25) is 5.02 Å². The molecular formula is C24H19ClN2O3. The SMILES string of the molecule is CCc1ccc(/C(O)=C2/C(=O)C(=O)N(c3ccc(Cl)cc3)C2c2cccnc2)cc1. The molecule has 1 unspecified atom stereocenters. The highest BCUT2D eigenvalue weighted by molar-refractivity contribution is 6.51. The standard InChI is InChI=1S/C24H19ClN2O3/c1-2-15-5-7-16(8-6-15)22(28)20-21(17-4-3-13-26-14-17)27(24(30)23(20)29)19-11-9-18(25)10-12-19/h3-14,21,28H,2H2,1H3/b22-20-. The van der Waals surface area contributed by atoms with Gasteiger partial charge in [0.25, 0.3) is 11.7 Å². The number of carbonyl (C=O) groups is 2. The number of benzene rings is 2. The summed E-state index contributed by atoms with van der Waals surface area (Å²) in [5.41, 5.74) is 2.76. The van der Waals surface area contributed by atoms with Crippen LogP contribution in [0.15, 0.2) is 78.6 Å². The van der Waals surface area contributed by atoms with Gasteiger partial charge in [0.05, 0.1) is 11.6 Å². The summed E-state index contributed by atoms with van der Waals surface area (Å²) < 4.78 is 0. The van der Waals surface area contributed by atoms with Gasteiger partial charge in [-0.2, -0.15) is 0 Å². The second kappa shape index (κ2) is 8.13. The Kier molecular flexibility index (Phi) is 5.38. The second-order valence-corrected chi connectivity index (χ2v) is 7.42. The maximum Gasteiger partial charge on any atom is 0.300 e. The van der Waals surface area contributed by atoms with Crippen LogP contribution in [-0.4, -0.2) is 21.8 Å². The highest BCUT2D eigenvalue weighted by atomic mass is 35.5. The predicted molar refractivity (Wildman–Crippen MR) is 116 cm³/mol. The number of aliphatic hydroxyl groups is 1. The number of hydrogen-bond acceptors (Lipinski definition) is 4. The van der Waals surface area contributed by atoms with Gasteiger partial charge in [0.15, 0.2) is 0 Å². The number of Topliss-reactive ketones (excluding diaryl/α,β-unsaturated/α-hetero) is 1. The van der Waals surface area contributed by atoms with Crippen molar-refractivity contribution in [2.75, 3.05) is 4.90 Å². The van der Waals surface area contributed by atoms with Crippen molar-refractivity contribution in [2.45, 2.75) is 19.4 Å². The summed E-state index contributed by atoms with van der Waals surface area (Å²) in [5, 5.41) is 11.6. The number of aryl methyl sites for hydroxylation is 1. The maximum absolute atomic E-state index is 13.0. The lowest BCUT2D eigenvalue weighted by atomic mass is 9.95. The fraction of sp³-hybridized carbons (Fsp3) is 0.125. The number of anilines is 1. The third kappa shape index (κ3) is 3.48. The van der Waals surface area contributed by atoms with Crippen LogP contribution in [0.5, 0.6) is 0 Å². The van der Waals surface area contributed by atoms with E-state index in [0.29, 0.717) is 21.8 Å². The minimum absolute atomic E-state index is 0.0344. The highest BCUT2D eigenvalue weighted by Gasteiger charge is 2.47. The van der Waals surface area contributed by atoms with Crippen LogP contribution in [-0.2, 0) is 16.0 Å². The van der Waals surface area contributed by atoms with E-state index in [-0.39, 0.29) is 11.3 Å². The largest absolute Gasteiger partial charge is 0.507 e. The zero-order chi connectivity index (χ0) is 21.3. The summed E-state index contributed by atoms with van der Waals surface area (Å²) in [5.74, 6) is -1.66. The first-order chi connectivity index (χ1) is 14.5. The zero-order valence-electron chi connectivity index (χ0n) is 16.2. The van der Waals surface area contributed by atoms with Crippen molar-refractivity contribution in [3.05, 3.63) is 100 Å². The molecule has 1 fully saturated rings. The summed E-state index contributed by atoms with van der Waals surface area (Å²) in [6.45, 7) is 2.04. The number of rotatable bonds is 4. The van der Waals surface area contributed by atoms with Gasteiger partial charge >= 0.3 is 0 Å². The molecule has 2 aromatic carbocycles. The van der Waals surface area contributed by atoms with Gasteiger partial charge in [-0.3, -0.25) is 19.5 Å².